The van der Waals surface area contributed by atoms with Gasteiger partial charge in [0.25, 0.3) is 0 Å². The molecule has 0 atom stereocenters. The first-order valence-corrected chi connectivity index (χ1v) is 4.40. The highest BCUT2D eigenvalue weighted by molar-refractivity contribution is 9.10. The van der Waals surface area contributed by atoms with Crippen LogP contribution in [-0.2, 0) is 0 Å². The topological polar surface area (TPSA) is 37.8 Å². The van der Waals surface area contributed by atoms with Gasteiger partial charge in [-0.25, -0.2) is 9.97 Å². The summed E-state index contributed by atoms with van der Waals surface area (Å²) in [6.45, 7) is 4.00. The molecule has 1 aromatic rings. The maximum absolute atomic E-state index is 5.54. The Morgan fingerprint density at radius 2 is 2.17 bits per heavy atom. The van der Waals surface area contributed by atoms with Crippen LogP contribution in [0.15, 0.2) is 28.5 Å². The summed E-state index contributed by atoms with van der Waals surface area (Å²) in [5.41, 5.74) is 0. The molecule has 0 aromatic carbocycles. The van der Waals surface area contributed by atoms with E-state index in [9.17, 15) is 0 Å². The second kappa shape index (κ2) is 4.42. The van der Waals surface area contributed by atoms with Gasteiger partial charge in [0, 0.05) is 17.4 Å². The van der Waals surface area contributed by atoms with Crippen molar-refractivity contribution in [3.8, 4) is 0 Å². The average Bonchev–Trinajstić information content (AvgIpc) is 2.03. The number of aromatic nitrogens is 2. The molecule has 0 aliphatic carbocycles. The average molecular weight is 249 g/mol. The predicted molar refractivity (Wildman–Crippen MR) is 53.2 cm³/mol. The molecule has 0 spiro atoms. The lowest BCUT2D eigenvalue weighted by Gasteiger charge is -2.01. The zero-order valence-electron chi connectivity index (χ0n) is 6.22. The van der Waals surface area contributed by atoms with Crippen molar-refractivity contribution in [3.05, 3.63) is 28.5 Å². The van der Waals surface area contributed by atoms with Gasteiger partial charge in [0.15, 0.2) is 0 Å². The van der Waals surface area contributed by atoms with Crippen molar-refractivity contribution in [2.24, 2.45) is 0 Å². The molecule has 0 aliphatic heterocycles. The molecule has 3 nitrogen and oxygen atoms in total. The molecule has 0 fully saturated rings. The SMILES string of the molecule is C=C(Cl)CNc1ncc(Br)cn1. The van der Waals surface area contributed by atoms with E-state index in [1.54, 1.807) is 12.4 Å². The van der Waals surface area contributed by atoms with Crippen LogP contribution in [0.2, 0.25) is 0 Å². The number of nitrogens with zero attached hydrogens (tertiary/aromatic N) is 2. The maximum atomic E-state index is 5.54. The molecule has 1 rings (SSSR count). The molecule has 64 valence electrons. The van der Waals surface area contributed by atoms with Crippen LogP contribution in [0, 0.1) is 0 Å². The first kappa shape index (κ1) is 9.48. The summed E-state index contributed by atoms with van der Waals surface area (Å²) in [6.07, 6.45) is 3.32. The molecule has 0 saturated heterocycles. The van der Waals surface area contributed by atoms with E-state index >= 15 is 0 Å². The van der Waals surface area contributed by atoms with Gasteiger partial charge in [-0.15, -0.1) is 0 Å². The third-order valence-electron chi connectivity index (χ3n) is 1.06. The normalized spacial score (nSPS) is 9.50. The zero-order valence-corrected chi connectivity index (χ0v) is 8.56. The molecule has 0 unspecified atom stereocenters. The van der Waals surface area contributed by atoms with Gasteiger partial charge in [-0.2, -0.15) is 0 Å². The van der Waals surface area contributed by atoms with Crippen LogP contribution in [-0.4, -0.2) is 16.5 Å². The summed E-state index contributed by atoms with van der Waals surface area (Å²) < 4.78 is 0.845. The molecule has 0 bridgehead atoms. The molecular weight excluding hydrogens is 241 g/mol. The lowest BCUT2D eigenvalue weighted by atomic mass is 10.6. The molecular formula is C7H7BrClN3. The van der Waals surface area contributed by atoms with Gasteiger partial charge in [0.1, 0.15) is 0 Å². The number of hydrogen-bond acceptors (Lipinski definition) is 3. The van der Waals surface area contributed by atoms with Gasteiger partial charge in [0.05, 0.1) is 11.0 Å². The molecule has 0 radical (unpaired) electrons. The Bertz CT molecular complexity index is 272. The van der Waals surface area contributed by atoms with Crippen molar-refractivity contribution >= 4 is 33.5 Å². The predicted octanol–water partition coefficient (Wildman–Crippen LogP) is 2.40. The minimum atomic E-state index is 0.475. The van der Waals surface area contributed by atoms with Crippen LogP contribution in [0.4, 0.5) is 5.95 Å². The van der Waals surface area contributed by atoms with Crippen LogP contribution < -0.4 is 5.32 Å². The Morgan fingerprint density at radius 3 is 2.67 bits per heavy atom. The highest BCUT2D eigenvalue weighted by Crippen LogP contribution is 2.07. The largest absolute Gasteiger partial charge is 0.349 e. The minimum absolute atomic E-state index is 0.475. The first-order valence-electron chi connectivity index (χ1n) is 3.23. The van der Waals surface area contributed by atoms with Crippen LogP contribution in [0.25, 0.3) is 0 Å². The minimum Gasteiger partial charge on any atom is -0.349 e. The van der Waals surface area contributed by atoms with Crippen molar-refractivity contribution in [3.63, 3.8) is 0 Å². The van der Waals surface area contributed by atoms with E-state index < -0.39 is 0 Å². The van der Waals surface area contributed by atoms with E-state index in [-0.39, 0.29) is 0 Å². The van der Waals surface area contributed by atoms with Gasteiger partial charge < -0.3 is 5.32 Å². The van der Waals surface area contributed by atoms with Crippen molar-refractivity contribution < 1.29 is 0 Å². The fraction of sp³-hybridized carbons (Fsp3) is 0.143. The Hall–Kier alpha value is -0.610. The lowest BCUT2D eigenvalue weighted by molar-refractivity contribution is 1.11. The number of halogens is 2. The van der Waals surface area contributed by atoms with E-state index in [1.165, 1.54) is 0 Å². The molecule has 0 amide bonds. The van der Waals surface area contributed by atoms with Crippen LogP contribution in [0.5, 0.6) is 0 Å². The van der Waals surface area contributed by atoms with Crippen molar-refractivity contribution in [1.82, 2.24) is 9.97 Å². The van der Waals surface area contributed by atoms with Crippen LogP contribution in [0.3, 0.4) is 0 Å². The van der Waals surface area contributed by atoms with Gasteiger partial charge in [-0.05, 0) is 15.9 Å². The van der Waals surface area contributed by atoms with Crippen LogP contribution in [0.1, 0.15) is 0 Å². The number of nitrogens with one attached hydrogen (secondary N) is 1. The zero-order chi connectivity index (χ0) is 8.97. The fourth-order valence-corrected chi connectivity index (χ4v) is 0.850. The van der Waals surface area contributed by atoms with Crippen molar-refractivity contribution in [1.29, 1.82) is 0 Å². The summed E-state index contributed by atoms with van der Waals surface area (Å²) in [4.78, 5) is 7.96. The summed E-state index contributed by atoms with van der Waals surface area (Å²) in [6, 6.07) is 0. The number of rotatable bonds is 3. The smallest absolute Gasteiger partial charge is 0.222 e. The van der Waals surface area contributed by atoms with E-state index in [4.69, 9.17) is 11.6 Å². The molecule has 12 heavy (non-hydrogen) atoms. The number of anilines is 1. The summed E-state index contributed by atoms with van der Waals surface area (Å²) >= 11 is 8.77. The fourth-order valence-electron chi connectivity index (χ4n) is 0.579. The summed E-state index contributed by atoms with van der Waals surface area (Å²) in [5, 5.41) is 3.43. The molecule has 0 aliphatic rings. The molecule has 0 saturated carbocycles. The Labute approximate surface area is 84.0 Å². The second-order valence-electron chi connectivity index (χ2n) is 2.10. The third kappa shape index (κ3) is 3.19. The van der Waals surface area contributed by atoms with E-state index in [0.717, 1.165) is 4.47 Å². The van der Waals surface area contributed by atoms with Crippen molar-refractivity contribution in [2.45, 2.75) is 0 Å². The van der Waals surface area contributed by atoms with Gasteiger partial charge in [-0.3, -0.25) is 0 Å². The molecule has 5 heteroatoms. The first-order chi connectivity index (χ1) is 5.68. The summed E-state index contributed by atoms with van der Waals surface area (Å²) in [5.74, 6) is 0.542. The van der Waals surface area contributed by atoms with E-state index in [2.05, 4.69) is 37.8 Å². The van der Waals surface area contributed by atoms with Gasteiger partial charge in [0.2, 0.25) is 5.95 Å². The van der Waals surface area contributed by atoms with Gasteiger partial charge in [-0.1, -0.05) is 18.2 Å². The molecule has 1 aromatic heterocycles. The quantitative estimate of drug-likeness (QED) is 0.893. The standard InChI is InChI=1S/C7H7BrClN3/c1-5(9)2-10-7-11-3-6(8)4-12-7/h3-4H,1-2H2,(H,10,11,12). The Morgan fingerprint density at radius 1 is 1.58 bits per heavy atom. The molecule has 1 N–H and O–H groups in total. The van der Waals surface area contributed by atoms with E-state index in [1.807, 2.05) is 0 Å². The Balaban J connectivity index is 2.53. The highest BCUT2D eigenvalue weighted by Gasteiger charge is 1.94. The monoisotopic (exact) mass is 247 g/mol. The Kier molecular flexibility index (Phi) is 3.49. The summed E-state index contributed by atoms with van der Waals surface area (Å²) in [7, 11) is 0. The number of hydrogen-bond donors (Lipinski definition) is 1. The molecule has 1 heterocycles. The lowest BCUT2D eigenvalue weighted by Crippen LogP contribution is -2.04. The highest BCUT2D eigenvalue weighted by atomic mass is 79.9. The second-order valence-corrected chi connectivity index (χ2v) is 3.55. The third-order valence-corrected chi connectivity index (χ3v) is 1.60. The van der Waals surface area contributed by atoms with Gasteiger partial charge >= 0.3 is 0 Å². The van der Waals surface area contributed by atoms with E-state index in [0.29, 0.717) is 17.5 Å². The van der Waals surface area contributed by atoms with Crippen LogP contribution >= 0.6 is 27.5 Å². The maximum Gasteiger partial charge on any atom is 0.222 e. The van der Waals surface area contributed by atoms with Crippen molar-refractivity contribution in [2.75, 3.05) is 11.9 Å².